The van der Waals surface area contributed by atoms with Crippen LogP contribution in [0.4, 0.5) is 20.3 Å². The van der Waals surface area contributed by atoms with Crippen LogP contribution in [0.3, 0.4) is 0 Å². The number of halogens is 2. The van der Waals surface area contributed by atoms with Crippen molar-refractivity contribution < 1.29 is 23.4 Å². The summed E-state index contributed by atoms with van der Waals surface area (Å²) in [4.78, 5) is 16.6. The molecule has 0 saturated carbocycles. The summed E-state index contributed by atoms with van der Waals surface area (Å²) in [6.07, 6.45) is 6.21. The normalized spacial score (nSPS) is 24.8. The van der Waals surface area contributed by atoms with E-state index in [0.717, 1.165) is 52.9 Å². The third-order valence-corrected chi connectivity index (χ3v) is 10.4. The summed E-state index contributed by atoms with van der Waals surface area (Å²) in [5.74, 6) is 0.681. The number of hydrogen-bond acceptors (Lipinski definition) is 10. The molecule has 13 heteroatoms. The number of rotatable bonds is 7. The fourth-order valence-electron chi connectivity index (χ4n) is 8.20. The summed E-state index contributed by atoms with van der Waals surface area (Å²) in [7, 11) is 0. The van der Waals surface area contributed by atoms with Crippen LogP contribution in [-0.4, -0.2) is 99.2 Å². The topological polar surface area (TPSA) is 105 Å². The van der Waals surface area contributed by atoms with Gasteiger partial charge in [-0.3, -0.25) is 4.90 Å². The number of fused-ring (bicyclic) bond motifs is 3. The molecular formula is C34H40F2N8O3. The quantitative estimate of drug-likeness (QED) is 0.314. The van der Waals surface area contributed by atoms with Gasteiger partial charge in [-0.2, -0.15) is 9.97 Å². The molecule has 3 atom stereocenters. The molecule has 3 fully saturated rings. The lowest BCUT2D eigenvalue weighted by Gasteiger charge is -2.35. The molecule has 0 aliphatic carbocycles. The van der Waals surface area contributed by atoms with Crippen LogP contribution < -0.4 is 14.5 Å². The Hall–Kier alpha value is -4.10. The van der Waals surface area contributed by atoms with Gasteiger partial charge in [-0.1, -0.05) is 18.2 Å². The van der Waals surface area contributed by atoms with Crippen molar-refractivity contribution >= 4 is 22.3 Å². The van der Waals surface area contributed by atoms with Crippen molar-refractivity contribution in [2.75, 3.05) is 62.3 Å². The molecule has 4 aliphatic rings. The van der Waals surface area contributed by atoms with Crippen molar-refractivity contribution in [2.24, 2.45) is 0 Å². The van der Waals surface area contributed by atoms with Crippen LogP contribution in [0.5, 0.6) is 11.8 Å². The molecule has 47 heavy (non-hydrogen) atoms. The smallest absolute Gasteiger partial charge is 0.318 e. The van der Waals surface area contributed by atoms with Crippen LogP contribution in [0, 0.1) is 5.82 Å². The summed E-state index contributed by atoms with van der Waals surface area (Å²) in [6, 6.07) is 6.82. The van der Waals surface area contributed by atoms with E-state index in [1.165, 1.54) is 6.07 Å². The van der Waals surface area contributed by atoms with Gasteiger partial charge in [0.1, 0.15) is 30.2 Å². The lowest BCUT2D eigenvalue weighted by molar-refractivity contribution is 0.107. The lowest BCUT2D eigenvalue weighted by Crippen LogP contribution is -2.43. The standard InChI is InChI=1S/C34H40F2N8O3/c1-2-26-28(36)5-4-22-14-25(45)15-30(31(22)26)41-10-6-27-29(19-41)38-33(47-21-34-7-3-9-43(34)17-23(35)16-34)39-32(27)42-12-13-46-20-24(18-42)44-11-8-37-40-44/h4-5,8,11,14-15,23-24,45H,2-3,6-7,9-10,12-13,16-21H2,1H3/t23-,24?,34+/m1/s1. The van der Waals surface area contributed by atoms with Gasteiger partial charge in [-0.25, -0.2) is 13.5 Å². The molecule has 0 bridgehead atoms. The SMILES string of the molecule is CCc1c(F)ccc2cc(O)cc(N3CCc4c(nc(OC[C@@]56CCCN5C[C@H](F)C6)nc4N4CCOCC(n5ccnn5)C4)C3)c12. The maximum absolute atomic E-state index is 15.0. The molecule has 1 N–H and O–H groups in total. The average molecular weight is 647 g/mol. The molecule has 11 nitrogen and oxygen atoms in total. The zero-order chi connectivity index (χ0) is 32.1. The zero-order valence-electron chi connectivity index (χ0n) is 26.6. The maximum Gasteiger partial charge on any atom is 0.318 e. The Morgan fingerprint density at radius 1 is 1.13 bits per heavy atom. The average Bonchev–Trinajstić information content (AvgIpc) is 3.76. The van der Waals surface area contributed by atoms with Crippen molar-refractivity contribution in [1.82, 2.24) is 29.9 Å². The third kappa shape index (κ3) is 5.52. The van der Waals surface area contributed by atoms with Crippen LogP contribution in [0.1, 0.15) is 49.0 Å². The minimum Gasteiger partial charge on any atom is -0.508 e. The maximum atomic E-state index is 15.0. The van der Waals surface area contributed by atoms with Gasteiger partial charge in [0, 0.05) is 61.5 Å². The first-order valence-corrected chi connectivity index (χ1v) is 16.7. The molecule has 3 saturated heterocycles. The Labute approximate surface area is 272 Å². The highest BCUT2D eigenvalue weighted by molar-refractivity contribution is 5.98. The molecule has 4 aromatic rings. The first-order chi connectivity index (χ1) is 22.9. The number of ether oxygens (including phenoxy) is 2. The minimum atomic E-state index is -0.853. The van der Waals surface area contributed by atoms with E-state index in [1.807, 2.05) is 17.8 Å². The first kappa shape index (κ1) is 30.2. The van der Waals surface area contributed by atoms with Crippen molar-refractivity contribution in [2.45, 2.75) is 63.3 Å². The van der Waals surface area contributed by atoms with Crippen LogP contribution in [-0.2, 0) is 24.1 Å². The molecule has 2 aromatic heterocycles. The number of nitrogens with zero attached hydrogens (tertiary/aromatic N) is 8. The molecule has 4 aliphatic heterocycles. The Balaban J connectivity index is 1.17. The minimum absolute atomic E-state index is 0.0537. The van der Waals surface area contributed by atoms with Crippen molar-refractivity contribution in [3.05, 3.63) is 59.3 Å². The van der Waals surface area contributed by atoms with E-state index >= 15 is 4.39 Å². The first-order valence-electron chi connectivity index (χ1n) is 16.7. The molecule has 0 spiro atoms. The van der Waals surface area contributed by atoms with Crippen molar-refractivity contribution in [3.63, 3.8) is 0 Å². The van der Waals surface area contributed by atoms with Gasteiger partial charge in [0.15, 0.2) is 0 Å². The van der Waals surface area contributed by atoms with E-state index in [4.69, 9.17) is 19.4 Å². The van der Waals surface area contributed by atoms with E-state index in [-0.39, 0.29) is 29.2 Å². The highest BCUT2D eigenvalue weighted by Crippen LogP contribution is 2.42. The number of aromatic hydroxyl groups is 1. The van der Waals surface area contributed by atoms with Gasteiger partial charge in [-0.05, 0) is 55.3 Å². The van der Waals surface area contributed by atoms with Gasteiger partial charge >= 0.3 is 6.01 Å². The molecule has 2 aromatic carbocycles. The van der Waals surface area contributed by atoms with Gasteiger partial charge in [-0.15, -0.1) is 5.10 Å². The van der Waals surface area contributed by atoms with E-state index in [9.17, 15) is 9.50 Å². The number of phenols is 1. The summed E-state index contributed by atoms with van der Waals surface area (Å²) in [5, 5.41) is 20.5. The summed E-state index contributed by atoms with van der Waals surface area (Å²) >= 11 is 0. The number of aromatic nitrogens is 5. The number of alkyl halides is 1. The number of phenolic OH excluding ortho intramolecular Hbond substituents is 1. The fraction of sp³-hybridized carbons (Fsp3) is 0.529. The number of anilines is 2. The van der Waals surface area contributed by atoms with E-state index in [1.54, 1.807) is 24.4 Å². The molecule has 1 unspecified atom stereocenters. The fourth-order valence-corrected chi connectivity index (χ4v) is 8.20. The zero-order valence-corrected chi connectivity index (χ0v) is 26.6. The second-order valence-electron chi connectivity index (χ2n) is 13.3. The predicted molar refractivity (Wildman–Crippen MR) is 172 cm³/mol. The molecular weight excluding hydrogens is 606 g/mol. The highest BCUT2D eigenvalue weighted by Gasteiger charge is 2.49. The summed E-state index contributed by atoms with van der Waals surface area (Å²) in [6.45, 7) is 6.96. The van der Waals surface area contributed by atoms with Gasteiger partial charge < -0.3 is 24.4 Å². The van der Waals surface area contributed by atoms with E-state index in [0.29, 0.717) is 77.4 Å². The Bertz CT molecular complexity index is 1770. The number of benzene rings is 2. The Morgan fingerprint density at radius 3 is 2.89 bits per heavy atom. The second-order valence-corrected chi connectivity index (χ2v) is 13.3. The molecule has 0 radical (unpaired) electrons. The van der Waals surface area contributed by atoms with Crippen molar-refractivity contribution in [3.8, 4) is 11.8 Å². The summed E-state index contributed by atoms with van der Waals surface area (Å²) in [5.41, 5.74) is 2.92. The van der Waals surface area contributed by atoms with Crippen LogP contribution in [0.15, 0.2) is 36.7 Å². The highest BCUT2D eigenvalue weighted by atomic mass is 19.1. The number of aryl methyl sites for hydroxylation is 1. The predicted octanol–water partition coefficient (Wildman–Crippen LogP) is 4.22. The molecule has 8 rings (SSSR count). The second kappa shape index (κ2) is 12.2. The van der Waals surface area contributed by atoms with E-state index < -0.39 is 6.17 Å². The molecule has 0 amide bonds. The largest absolute Gasteiger partial charge is 0.508 e. The number of hydrogen-bond donors (Lipinski definition) is 1. The molecule has 248 valence electrons. The van der Waals surface area contributed by atoms with Gasteiger partial charge in [0.05, 0.1) is 43.2 Å². The Morgan fingerprint density at radius 2 is 2.04 bits per heavy atom. The Kier molecular flexibility index (Phi) is 7.83. The van der Waals surface area contributed by atoms with E-state index in [2.05, 4.69) is 25.0 Å². The van der Waals surface area contributed by atoms with Gasteiger partial charge in [0.25, 0.3) is 0 Å². The molecule has 6 heterocycles. The third-order valence-electron chi connectivity index (χ3n) is 10.4. The van der Waals surface area contributed by atoms with Crippen LogP contribution in [0.2, 0.25) is 0 Å². The monoisotopic (exact) mass is 646 g/mol. The van der Waals surface area contributed by atoms with Gasteiger partial charge in [0.2, 0.25) is 0 Å². The summed E-state index contributed by atoms with van der Waals surface area (Å²) < 4.78 is 43.8. The van der Waals surface area contributed by atoms with Crippen molar-refractivity contribution in [1.29, 1.82) is 0 Å². The van der Waals surface area contributed by atoms with Crippen LogP contribution in [0.25, 0.3) is 10.8 Å². The lowest BCUT2D eigenvalue weighted by atomic mass is 9.95. The van der Waals surface area contributed by atoms with Crippen LogP contribution >= 0.6 is 0 Å².